The molecule has 114 valence electrons. The molecule has 0 saturated heterocycles. The average molecular weight is 385 g/mol. The van der Waals surface area contributed by atoms with E-state index in [1.54, 1.807) is 16.8 Å². The highest BCUT2D eigenvalue weighted by molar-refractivity contribution is 9.10. The van der Waals surface area contributed by atoms with E-state index in [1.165, 1.54) is 29.5 Å². The van der Waals surface area contributed by atoms with Crippen LogP contribution in [-0.4, -0.2) is 23.4 Å². The Kier molecular flexibility index (Phi) is 5.23. The topological polar surface area (TPSA) is 98.5 Å². The maximum absolute atomic E-state index is 11.7. The first-order valence-electron chi connectivity index (χ1n) is 5.90. The second-order valence-electron chi connectivity index (χ2n) is 4.06. The molecule has 0 fully saturated rings. The van der Waals surface area contributed by atoms with Gasteiger partial charge in [0.25, 0.3) is 11.6 Å². The van der Waals surface area contributed by atoms with Gasteiger partial charge < -0.3 is 10.1 Å². The second kappa shape index (κ2) is 7.14. The first-order chi connectivity index (χ1) is 10.5. The van der Waals surface area contributed by atoms with Gasteiger partial charge in [-0.05, 0) is 33.4 Å². The third kappa shape index (κ3) is 4.12. The van der Waals surface area contributed by atoms with Gasteiger partial charge in [-0.15, -0.1) is 0 Å². The van der Waals surface area contributed by atoms with Crippen LogP contribution in [0.2, 0.25) is 0 Å². The highest BCUT2D eigenvalue weighted by atomic mass is 79.9. The molecule has 2 rings (SSSR count). The van der Waals surface area contributed by atoms with Gasteiger partial charge in [0, 0.05) is 22.0 Å². The molecule has 0 spiro atoms. The highest BCUT2D eigenvalue weighted by Crippen LogP contribution is 2.27. The van der Waals surface area contributed by atoms with Crippen LogP contribution in [0.3, 0.4) is 0 Å². The number of thiophene rings is 1. The predicted octanol–water partition coefficient (Wildman–Crippen LogP) is 3.21. The number of non-ortho nitro benzene ring substituents is 1. The minimum Gasteiger partial charge on any atom is -0.452 e. The van der Waals surface area contributed by atoms with Crippen molar-refractivity contribution in [2.75, 3.05) is 11.9 Å². The van der Waals surface area contributed by atoms with Gasteiger partial charge in [0.2, 0.25) is 0 Å². The SMILES string of the molecule is O=C(COC(=O)c1ccsc1)Nc1ccc([N+](=O)[O-])cc1Br. The molecule has 1 aromatic carbocycles. The van der Waals surface area contributed by atoms with Gasteiger partial charge in [-0.3, -0.25) is 14.9 Å². The van der Waals surface area contributed by atoms with Crippen molar-refractivity contribution in [2.24, 2.45) is 0 Å². The lowest BCUT2D eigenvalue weighted by Gasteiger charge is -2.07. The van der Waals surface area contributed by atoms with Crippen LogP contribution in [0.5, 0.6) is 0 Å². The van der Waals surface area contributed by atoms with Gasteiger partial charge in [0.1, 0.15) is 0 Å². The number of hydrogen-bond donors (Lipinski definition) is 1. The number of benzene rings is 1. The number of nitrogens with one attached hydrogen (secondary N) is 1. The Morgan fingerprint density at radius 1 is 1.36 bits per heavy atom. The minimum atomic E-state index is -0.584. The summed E-state index contributed by atoms with van der Waals surface area (Å²) in [6.45, 7) is -0.446. The maximum Gasteiger partial charge on any atom is 0.339 e. The molecule has 1 aromatic heterocycles. The zero-order valence-electron chi connectivity index (χ0n) is 10.9. The van der Waals surface area contributed by atoms with Crippen LogP contribution in [0.25, 0.3) is 0 Å². The fourth-order valence-corrected chi connectivity index (χ4v) is 2.59. The number of carbonyl (C=O) groups is 2. The van der Waals surface area contributed by atoms with Crippen molar-refractivity contribution in [1.29, 1.82) is 0 Å². The molecule has 1 amide bonds. The Hall–Kier alpha value is -2.26. The Morgan fingerprint density at radius 2 is 2.14 bits per heavy atom. The van der Waals surface area contributed by atoms with Gasteiger partial charge in [0.15, 0.2) is 6.61 Å². The number of halogens is 1. The Morgan fingerprint density at radius 3 is 2.73 bits per heavy atom. The first kappa shape index (κ1) is 16.1. The third-order valence-electron chi connectivity index (χ3n) is 2.53. The molecule has 2 aromatic rings. The number of nitro benzene ring substituents is 1. The molecule has 0 unspecified atom stereocenters. The van der Waals surface area contributed by atoms with Crippen LogP contribution in [0.4, 0.5) is 11.4 Å². The van der Waals surface area contributed by atoms with Crippen molar-refractivity contribution in [3.05, 3.63) is 55.2 Å². The Balaban J connectivity index is 1.92. The normalized spacial score (nSPS) is 10.0. The molecule has 1 heterocycles. The zero-order valence-corrected chi connectivity index (χ0v) is 13.3. The first-order valence-corrected chi connectivity index (χ1v) is 7.64. The lowest BCUT2D eigenvalue weighted by atomic mass is 10.3. The van der Waals surface area contributed by atoms with E-state index in [0.717, 1.165) is 0 Å². The smallest absolute Gasteiger partial charge is 0.339 e. The molecule has 1 N–H and O–H groups in total. The molecule has 0 bridgehead atoms. The lowest BCUT2D eigenvalue weighted by molar-refractivity contribution is -0.384. The Labute approximate surface area is 137 Å². The standard InChI is InChI=1S/C13H9BrN2O5S/c14-10-5-9(16(19)20)1-2-11(10)15-12(17)6-21-13(18)8-3-4-22-7-8/h1-5,7H,6H2,(H,15,17). The van der Waals surface area contributed by atoms with Crippen molar-refractivity contribution < 1.29 is 19.2 Å². The summed E-state index contributed by atoms with van der Waals surface area (Å²) in [5.41, 5.74) is 0.630. The number of rotatable bonds is 5. The molecule has 0 aliphatic heterocycles. The number of hydrogen-bond acceptors (Lipinski definition) is 6. The largest absolute Gasteiger partial charge is 0.452 e. The number of nitro groups is 1. The molecule has 22 heavy (non-hydrogen) atoms. The summed E-state index contributed by atoms with van der Waals surface area (Å²) < 4.78 is 5.21. The summed E-state index contributed by atoms with van der Waals surface area (Å²) >= 11 is 4.48. The van der Waals surface area contributed by atoms with Crippen molar-refractivity contribution in [3.63, 3.8) is 0 Å². The number of nitrogens with zero attached hydrogens (tertiary/aromatic N) is 1. The van der Waals surface area contributed by atoms with Gasteiger partial charge in [-0.2, -0.15) is 11.3 Å². The molecule has 9 heteroatoms. The fourth-order valence-electron chi connectivity index (χ4n) is 1.50. The van der Waals surface area contributed by atoms with Crippen molar-refractivity contribution in [2.45, 2.75) is 0 Å². The molecule has 0 saturated carbocycles. The predicted molar refractivity (Wildman–Crippen MR) is 84.0 cm³/mol. The van der Waals surface area contributed by atoms with Gasteiger partial charge >= 0.3 is 5.97 Å². The van der Waals surface area contributed by atoms with E-state index in [2.05, 4.69) is 21.2 Å². The van der Waals surface area contributed by atoms with E-state index >= 15 is 0 Å². The van der Waals surface area contributed by atoms with E-state index in [1.807, 2.05) is 0 Å². The van der Waals surface area contributed by atoms with Crippen molar-refractivity contribution in [1.82, 2.24) is 0 Å². The molecule has 0 atom stereocenters. The summed E-state index contributed by atoms with van der Waals surface area (Å²) in [5.74, 6) is -1.13. The van der Waals surface area contributed by atoms with Crippen LogP contribution < -0.4 is 5.32 Å². The lowest BCUT2D eigenvalue weighted by Crippen LogP contribution is -2.21. The van der Waals surface area contributed by atoms with Gasteiger partial charge in [-0.25, -0.2) is 4.79 Å². The Bertz CT molecular complexity index is 717. The maximum atomic E-state index is 11.7. The zero-order chi connectivity index (χ0) is 16.1. The number of esters is 1. The van der Waals surface area contributed by atoms with Crippen LogP contribution in [0.1, 0.15) is 10.4 Å². The monoisotopic (exact) mass is 384 g/mol. The number of carbonyl (C=O) groups excluding carboxylic acids is 2. The van der Waals surface area contributed by atoms with Gasteiger partial charge in [0.05, 0.1) is 16.2 Å². The van der Waals surface area contributed by atoms with Gasteiger partial charge in [-0.1, -0.05) is 0 Å². The quantitative estimate of drug-likeness (QED) is 0.484. The van der Waals surface area contributed by atoms with E-state index in [4.69, 9.17) is 4.74 Å². The molecular weight excluding hydrogens is 376 g/mol. The average Bonchev–Trinajstić information content (AvgIpc) is 3.01. The minimum absolute atomic E-state index is 0.103. The van der Waals surface area contributed by atoms with Crippen LogP contribution in [-0.2, 0) is 9.53 Å². The number of anilines is 1. The molecule has 0 aliphatic carbocycles. The summed E-state index contributed by atoms with van der Waals surface area (Å²) in [6.07, 6.45) is 0. The van der Waals surface area contributed by atoms with Crippen LogP contribution in [0, 0.1) is 10.1 Å². The molecule has 7 nitrogen and oxygen atoms in total. The van der Waals surface area contributed by atoms with E-state index in [0.29, 0.717) is 15.7 Å². The van der Waals surface area contributed by atoms with E-state index in [-0.39, 0.29) is 5.69 Å². The van der Waals surface area contributed by atoms with Crippen molar-refractivity contribution in [3.8, 4) is 0 Å². The van der Waals surface area contributed by atoms with E-state index in [9.17, 15) is 19.7 Å². The van der Waals surface area contributed by atoms with Crippen LogP contribution in [0.15, 0.2) is 39.5 Å². The fraction of sp³-hybridized carbons (Fsp3) is 0.0769. The summed E-state index contributed by atoms with van der Waals surface area (Å²) in [7, 11) is 0. The molecular formula is C13H9BrN2O5S. The summed E-state index contributed by atoms with van der Waals surface area (Å²) in [4.78, 5) is 33.4. The van der Waals surface area contributed by atoms with Crippen LogP contribution >= 0.6 is 27.3 Å². The second-order valence-corrected chi connectivity index (χ2v) is 5.69. The number of ether oxygens (including phenoxy) is 1. The van der Waals surface area contributed by atoms with Crippen molar-refractivity contribution >= 4 is 50.5 Å². The van der Waals surface area contributed by atoms with E-state index < -0.39 is 23.4 Å². The molecule has 0 aliphatic rings. The number of amides is 1. The summed E-state index contributed by atoms with van der Waals surface area (Å²) in [5, 5.41) is 16.5. The summed E-state index contributed by atoms with van der Waals surface area (Å²) in [6, 6.07) is 5.52. The highest BCUT2D eigenvalue weighted by Gasteiger charge is 2.13. The third-order valence-corrected chi connectivity index (χ3v) is 3.87. The molecule has 0 radical (unpaired) electrons.